The third-order valence-corrected chi connectivity index (χ3v) is 6.73. The van der Waals surface area contributed by atoms with E-state index in [1.807, 2.05) is 13.8 Å². The topological polar surface area (TPSA) is 57.7 Å². The van der Waals surface area contributed by atoms with Crippen LogP contribution in [0, 0.1) is 11.6 Å². The van der Waals surface area contributed by atoms with E-state index in [-0.39, 0.29) is 36.6 Å². The van der Waals surface area contributed by atoms with Crippen molar-refractivity contribution < 1.29 is 22.0 Å². The van der Waals surface area contributed by atoms with Crippen LogP contribution >= 0.6 is 0 Å². The molecule has 1 saturated heterocycles. The molecule has 1 fully saturated rings. The van der Waals surface area contributed by atoms with E-state index in [0.29, 0.717) is 12.0 Å². The highest BCUT2D eigenvalue weighted by Gasteiger charge is 2.30. The summed E-state index contributed by atoms with van der Waals surface area (Å²) in [5, 5.41) is 0. The third-order valence-electron chi connectivity index (χ3n) is 4.82. The predicted octanol–water partition coefficient (Wildman–Crippen LogP) is 3.23. The highest BCUT2D eigenvalue weighted by Crippen LogP contribution is 2.22. The smallest absolute Gasteiger partial charge is 0.254 e. The van der Waals surface area contributed by atoms with Gasteiger partial charge in [0, 0.05) is 37.8 Å². The number of carbonyl (C=O) groups excluding carboxylic acids is 1. The SMILES string of the molecule is CC(C)c1ccc(S(=O)(=O)N2CCN(C(=O)c3cc(F)cc(F)c3)CC2)cc1. The van der Waals surface area contributed by atoms with Crippen LogP contribution in [0.2, 0.25) is 0 Å². The van der Waals surface area contributed by atoms with Crippen LogP contribution in [0.3, 0.4) is 0 Å². The number of amides is 1. The zero-order chi connectivity index (χ0) is 20.5. The van der Waals surface area contributed by atoms with Crippen LogP contribution in [0.4, 0.5) is 8.78 Å². The zero-order valence-corrected chi connectivity index (χ0v) is 16.5. The molecule has 28 heavy (non-hydrogen) atoms. The van der Waals surface area contributed by atoms with Gasteiger partial charge >= 0.3 is 0 Å². The Kier molecular flexibility index (Phi) is 5.81. The van der Waals surface area contributed by atoms with Gasteiger partial charge in [-0.25, -0.2) is 17.2 Å². The quantitative estimate of drug-likeness (QED) is 0.781. The average molecular weight is 408 g/mol. The molecule has 0 aliphatic carbocycles. The molecule has 0 bridgehead atoms. The Bertz CT molecular complexity index is 947. The summed E-state index contributed by atoms with van der Waals surface area (Å²) in [6, 6.07) is 9.45. The van der Waals surface area contributed by atoms with Crippen molar-refractivity contribution in [3.05, 3.63) is 65.2 Å². The molecule has 0 radical (unpaired) electrons. The molecule has 1 aliphatic rings. The van der Waals surface area contributed by atoms with Gasteiger partial charge in [-0.05, 0) is 35.7 Å². The lowest BCUT2D eigenvalue weighted by molar-refractivity contribution is 0.0697. The summed E-state index contributed by atoms with van der Waals surface area (Å²) in [5.41, 5.74) is 0.967. The standard InChI is InChI=1S/C20H22F2N2O3S/c1-14(2)15-3-5-19(6-4-15)28(26,27)24-9-7-23(8-10-24)20(25)16-11-17(21)13-18(22)12-16/h3-6,11-14H,7-10H2,1-2H3. The third kappa shape index (κ3) is 4.23. The van der Waals surface area contributed by atoms with Crippen LogP contribution in [0.1, 0.15) is 35.7 Å². The fourth-order valence-electron chi connectivity index (χ4n) is 3.17. The molecule has 0 atom stereocenters. The van der Waals surface area contributed by atoms with Crippen molar-refractivity contribution in [1.29, 1.82) is 0 Å². The van der Waals surface area contributed by atoms with Crippen LogP contribution in [0.5, 0.6) is 0 Å². The number of sulfonamides is 1. The molecule has 8 heteroatoms. The van der Waals surface area contributed by atoms with Crippen molar-refractivity contribution in [3.63, 3.8) is 0 Å². The lowest BCUT2D eigenvalue weighted by Crippen LogP contribution is -2.50. The van der Waals surface area contributed by atoms with Crippen molar-refractivity contribution in [3.8, 4) is 0 Å². The highest BCUT2D eigenvalue weighted by atomic mass is 32.2. The van der Waals surface area contributed by atoms with Crippen molar-refractivity contribution >= 4 is 15.9 Å². The number of halogens is 2. The first-order valence-electron chi connectivity index (χ1n) is 9.04. The second-order valence-electron chi connectivity index (χ2n) is 7.08. The van der Waals surface area contributed by atoms with E-state index in [2.05, 4.69) is 0 Å². The minimum atomic E-state index is -3.66. The summed E-state index contributed by atoms with van der Waals surface area (Å²) >= 11 is 0. The molecule has 1 heterocycles. The molecule has 0 unspecified atom stereocenters. The number of rotatable bonds is 4. The normalized spacial score (nSPS) is 15.8. The number of piperazine rings is 1. The van der Waals surface area contributed by atoms with Crippen LogP contribution in [0.15, 0.2) is 47.4 Å². The van der Waals surface area contributed by atoms with Crippen molar-refractivity contribution in [1.82, 2.24) is 9.21 Å². The molecule has 0 N–H and O–H groups in total. The van der Waals surface area contributed by atoms with E-state index in [9.17, 15) is 22.0 Å². The number of carbonyl (C=O) groups is 1. The van der Waals surface area contributed by atoms with Crippen LogP contribution in [-0.4, -0.2) is 49.7 Å². The number of hydrogen-bond acceptors (Lipinski definition) is 3. The molecular formula is C20H22F2N2O3S. The molecule has 5 nitrogen and oxygen atoms in total. The predicted molar refractivity (Wildman–Crippen MR) is 102 cm³/mol. The monoisotopic (exact) mass is 408 g/mol. The first-order valence-corrected chi connectivity index (χ1v) is 10.5. The van der Waals surface area contributed by atoms with Gasteiger partial charge in [0.25, 0.3) is 5.91 Å². The molecule has 2 aromatic rings. The van der Waals surface area contributed by atoms with Gasteiger partial charge in [-0.1, -0.05) is 26.0 Å². The highest BCUT2D eigenvalue weighted by molar-refractivity contribution is 7.89. The van der Waals surface area contributed by atoms with E-state index >= 15 is 0 Å². The van der Waals surface area contributed by atoms with Gasteiger partial charge in [-0.2, -0.15) is 4.31 Å². The van der Waals surface area contributed by atoms with Gasteiger partial charge in [0.2, 0.25) is 10.0 Å². The van der Waals surface area contributed by atoms with E-state index < -0.39 is 27.6 Å². The van der Waals surface area contributed by atoms with Gasteiger partial charge < -0.3 is 4.90 Å². The van der Waals surface area contributed by atoms with E-state index in [4.69, 9.17) is 0 Å². The molecule has 150 valence electrons. The van der Waals surface area contributed by atoms with Gasteiger partial charge in [0.15, 0.2) is 0 Å². The Labute approximate surface area is 163 Å². The van der Waals surface area contributed by atoms with Crippen LogP contribution in [0.25, 0.3) is 0 Å². The van der Waals surface area contributed by atoms with Crippen molar-refractivity contribution in [2.75, 3.05) is 26.2 Å². The van der Waals surface area contributed by atoms with Crippen LogP contribution in [-0.2, 0) is 10.0 Å². The summed E-state index contributed by atoms with van der Waals surface area (Å²) in [6.45, 7) is 4.62. The van der Waals surface area contributed by atoms with Gasteiger partial charge in [-0.3, -0.25) is 4.79 Å². The summed E-state index contributed by atoms with van der Waals surface area (Å²) in [5.74, 6) is -1.86. The maximum absolute atomic E-state index is 13.3. The minimum absolute atomic E-state index is 0.0851. The molecule has 0 saturated carbocycles. The van der Waals surface area contributed by atoms with E-state index in [1.54, 1.807) is 24.3 Å². The van der Waals surface area contributed by atoms with E-state index in [0.717, 1.165) is 17.7 Å². The Morgan fingerprint density at radius 1 is 0.929 bits per heavy atom. The molecule has 0 spiro atoms. The lowest BCUT2D eigenvalue weighted by atomic mass is 10.0. The summed E-state index contributed by atoms with van der Waals surface area (Å²) in [4.78, 5) is 14.1. The maximum Gasteiger partial charge on any atom is 0.254 e. The molecule has 1 aliphatic heterocycles. The Hall–Kier alpha value is -2.32. The Balaban J connectivity index is 1.69. The number of nitrogens with zero attached hydrogens (tertiary/aromatic N) is 2. The summed E-state index contributed by atoms with van der Waals surface area (Å²) < 4.78 is 53.7. The first kappa shape index (κ1) is 20.4. The molecule has 2 aromatic carbocycles. The zero-order valence-electron chi connectivity index (χ0n) is 15.7. The van der Waals surface area contributed by atoms with E-state index in [1.165, 1.54) is 9.21 Å². The second kappa shape index (κ2) is 7.97. The largest absolute Gasteiger partial charge is 0.336 e. The average Bonchev–Trinajstić information content (AvgIpc) is 2.67. The molecule has 3 rings (SSSR count). The second-order valence-corrected chi connectivity index (χ2v) is 9.02. The maximum atomic E-state index is 13.3. The molecular weight excluding hydrogens is 386 g/mol. The van der Waals surface area contributed by atoms with Crippen molar-refractivity contribution in [2.45, 2.75) is 24.7 Å². The number of benzene rings is 2. The molecule has 0 aromatic heterocycles. The Morgan fingerprint density at radius 2 is 1.46 bits per heavy atom. The Morgan fingerprint density at radius 3 is 1.96 bits per heavy atom. The van der Waals surface area contributed by atoms with Crippen molar-refractivity contribution in [2.24, 2.45) is 0 Å². The van der Waals surface area contributed by atoms with Crippen LogP contribution < -0.4 is 0 Å². The summed E-state index contributed by atoms with van der Waals surface area (Å²) in [7, 11) is -3.66. The summed E-state index contributed by atoms with van der Waals surface area (Å²) in [6.07, 6.45) is 0. The first-order chi connectivity index (χ1) is 13.2. The number of hydrogen-bond donors (Lipinski definition) is 0. The van der Waals surface area contributed by atoms with Gasteiger partial charge in [0.05, 0.1) is 4.90 Å². The molecule has 1 amide bonds. The fraction of sp³-hybridized carbons (Fsp3) is 0.350. The van der Waals surface area contributed by atoms with Gasteiger partial charge in [0.1, 0.15) is 11.6 Å². The fourth-order valence-corrected chi connectivity index (χ4v) is 4.59. The lowest BCUT2D eigenvalue weighted by Gasteiger charge is -2.34. The minimum Gasteiger partial charge on any atom is -0.336 e. The van der Waals surface area contributed by atoms with Gasteiger partial charge in [-0.15, -0.1) is 0 Å².